The van der Waals surface area contributed by atoms with Crippen LogP contribution in [0.4, 0.5) is 0 Å². The second kappa shape index (κ2) is 14.0. The van der Waals surface area contributed by atoms with Crippen LogP contribution in [-0.4, -0.2) is 23.7 Å². The maximum atomic E-state index is 5.33. The summed E-state index contributed by atoms with van der Waals surface area (Å²) in [6.07, 6.45) is 3.76. The largest absolute Gasteiger partial charge is 0.309 e. The van der Waals surface area contributed by atoms with Gasteiger partial charge in [0.05, 0.1) is 56.9 Å². The van der Waals surface area contributed by atoms with Gasteiger partial charge in [0.15, 0.2) is 0 Å². The Kier molecular flexibility index (Phi) is 7.84. The fraction of sp³-hybridized carbons (Fsp3) is 0. The highest BCUT2D eigenvalue weighted by molar-refractivity contribution is 6.12. The van der Waals surface area contributed by atoms with E-state index in [-0.39, 0.29) is 0 Å². The van der Waals surface area contributed by atoms with Crippen LogP contribution in [0.15, 0.2) is 225 Å². The van der Waals surface area contributed by atoms with Gasteiger partial charge in [0.1, 0.15) is 0 Å². The Bertz CT molecular complexity index is 3670. The number of benzene rings is 9. The van der Waals surface area contributed by atoms with Gasteiger partial charge in [-0.2, -0.15) is 0 Å². The SMILES string of the molecule is c1ccc(-n2c3ccccc3c3cc(-c4ccc(-c5cncc(-c6cc(-n7c8ccccc8c8ccccc87)cc(-n7c8ccccc8c8ccccc87)c6)n5)cc4)ccc32)cc1. The van der Waals surface area contributed by atoms with Gasteiger partial charge in [-0.1, -0.05) is 140 Å². The van der Waals surface area contributed by atoms with E-state index in [2.05, 4.69) is 226 Å². The first-order valence-electron chi connectivity index (χ1n) is 21.4. The molecular formula is C58H37N5. The van der Waals surface area contributed by atoms with Crippen molar-refractivity contribution >= 4 is 65.4 Å². The topological polar surface area (TPSA) is 40.6 Å². The predicted octanol–water partition coefficient (Wildman–Crippen LogP) is 14.8. The minimum Gasteiger partial charge on any atom is -0.309 e. The summed E-state index contributed by atoms with van der Waals surface area (Å²) in [6.45, 7) is 0. The monoisotopic (exact) mass is 803 g/mol. The van der Waals surface area contributed by atoms with E-state index in [0.717, 1.165) is 67.2 Å². The molecule has 0 amide bonds. The molecule has 5 heteroatoms. The van der Waals surface area contributed by atoms with E-state index >= 15 is 0 Å². The zero-order valence-electron chi connectivity index (χ0n) is 34.1. The van der Waals surface area contributed by atoms with Gasteiger partial charge in [0.25, 0.3) is 0 Å². The van der Waals surface area contributed by atoms with Gasteiger partial charge in [0.2, 0.25) is 0 Å². The number of aromatic nitrogens is 5. The van der Waals surface area contributed by atoms with Gasteiger partial charge in [0, 0.05) is 60.5 Å². The number of fused-ring (bicyclic) bond motifs is 9. The standard InChI is InChI=1S/C58H37N5/c1-2-14-42(15-3-1)61-57-25-13-8-20-49(57)50-34-40(30-31-58(50)61)38-26-28-39(29-27-38)51-36-59-37-52(60-51)41-32-43(62-53-21-9-4-16-45(53)46-17-5-10-22-54(46)62)35-44(33-41)63-55-23-11-6-18-47(55)48-19-7-12-24-56(48)63/h1-37H. The highest BCUT2D eigenvalue weighted by atomic mass is 15.0. The summed E-state index contributed by atoms with van der Waals surface area (Å²) >= 11 is 0. The van der Waals surface area contributed by atoms with E-state index < -0.39 is 0 Å². The molecule has 63 heavy (non-hydrogen) atoms. The van der Waals surface area contributed by atoms with E-state index in [4.69, 9.17) is 9.97 Å². The lowest BCUT2D eigenvalue weighted by Crippen LogP contribution is -2.01. The molecule has 0 bridgehead atoms. The van der Waals surface area contributed by atoms with E-state index in [1.54, 1.807) is 0 Å². The fourth-order valence-corrected chi connectivity index (χ4v) is 9.89. The molecule has 0 N–H and O–H groups in total. The Balaban J connectivity index is 0.938. The summed E-state index contributed by atoms with van der Waals surface area (Å²) in [5.74, 6) is 0. The van der Waals surface area contributed by atoms with Crippen molar-refractivity contribution in [1.29, 1.82) is 0 Å². The van der Waals surface area contributed by atoms with Crippen molar-refractivity contribution in [3.05, 3.63) is 225 Å². The van der Waals surface area contributed by atoms with Crippen molar-refractivity contribution in [2.24, 2.45) is 0 Å². The molecule has 0 fully saturated rings. The zero-order valence-corrected chi connectivity index (χ0v) is 34.1. The molecule has 0 saturated carbocycles. The molecule has 4 heterocycles. The van der Waals surface area contributed by atoms with Crippen LogP contribution < -0.4 is 0 Å². The van der Waals surface area contributed by atoms with Crippen LogP contribution in [-0.2, 0) is 0 Å². The minimum atomic E-state index is 0.807. The molecule has 9 aromatic carbocycles. The average Bonchev–Trinajstić information content (AvgIpc) is 4.00. The lowest BCUT2D eigenvalue weighted by molar-refractivity contribution is 1.13. The number of rotatable bonds is 6. The predicted molar refractivity (Wildman–Crippen MR) is 261 cm³/mol. The van der Waals surface area contributed by atoms with E-state index in [0.29, 0.717) is 0 Å². The van der Waals surface area contributed by atoms with E-state index in [1.165, 1.54) is 48.9 Å². The molecular weight excluding hydrogens is 767 g/mol. The minimum absolute atomic E-state index is 0.807. The average molecular weight is 804 g/mol. The van der Waals surface area contributed by atoms with Gasteiger partial charge in [-0.15, -0.1) is 0 Å². The van der Waals surface area contributed by atoms with E-state index in [1.807, 2.05) is 12.4 Å². The summed E-state index contributed by atoms with van der Waals surface area (Å²) in [6, 6.07) is 76.4. The highest BCUT2D eigenvalue weighted by Crippen LogP contribution is 2.39. The summed E-state index contributed by atoms with van der Waals surface area (Å²) in [7, 11) is 0. The summed E-state index contributed by atoms with van der Waals surface area (Å²) < 4.78 is 7.13. The first-order chi connectivity index (χ1) is 31.2. The highest BCUT2D eigenvalue weighted by Gasteiger charge is 2.19. The van der Waals surface area contributed by atoms with Crippen molar-refractivity contribution in [2.75, 3.05) is 0 Å². The summed E-state index contributed by atoms with van der Waals surface area (Å²) in [4.78, 5) is 10.1. The van der Waals surface area contributed by atoms with Crippen LogP contribution in [0, 0.1) is 0 Å². The Morgan fingerprint density at radius 2 is 0.635 bits per heavy atom. The Morgan fingerprint density at radius 1 is 0.254 bits per heavy atom. The molecule has 0 unspecified atom stereocenters. The molecule has 0 saturated heterocycles. The molecule has 0 spiro atoms. The first kappa shape index (κ1) is 35.2. The Morgan fingerprint density at radius 3 is 1.14 bits per heavy atom. The van der Waals surface area contributed by atoms with Crippen molar-refractivity contribution < 1.29 is 0 Å². The van der Waals surface area contributed by atoms with Crippen molar-refractivity contribution in [1.82, 2.24) is 23.7 Å². The summed E-state index contributed by atoms with van der Waals surface area (Å²) in [5.41, 5.74) is 16.2. The Hall–Kier alpha value is -8.54. The van der Waals surface area contributed by atoms with Crippen LogP contribution in [0.25, 0.3) is 116 Å². The van der Waals surface area contributed by atoms with Crippen LogP contribution in [0.2, 0.25) is 0 Å². The molecule has 4 aromatic heterocycles. The smallest absolute Gasteiger partial charge is 0.0894 e. The van der Waals surface area contributed by atoms with Gasteiger partial charge in [-0.05, 0) is 83.9 Å². The van der Waals surface area contributed by atoms with Crippen LogP contribution in [0.3, 0.4) is 0 Å². The Labute approximate surface area is 363 Å². The van der Waals surface area contributed by atoms with Crippen LogP contribution in [0.5, 0.6) is 0 Å². The number of hydrogen-bond donors (Lipinski definition) is 0. The quantitative estimate of drug-likeness (QED) is 0.168. The second-order valence-corrected chi connectivity index (χ2v) is 16.3. The molecule has 13 rings (SSSR count). The molecule has 0 aliphatic heterocycles. The maximum absolute atomic E-state index is 5.33. The molecule has 5 nitrogen and oxygen atoms in total. The fourth-order valence-electron chi connectivity index (χ4n) is 9.89. The van der Waals surface area contributed by atoms with Crippen molar-refractivity contribution in [2.45, 2.75) is 0 Å². The number of nitrogens with zero attached hydrogens (tertiary/aromatic N) is 5. The van der Waals surface area contributed by atoms with Crippen molar-refractivity contribution in [3.8, 4) is 50.7 Å². The third kappa shape index (κ3) is 5.57. The van der Waals surface area contributed by atoms with Gasteiger partial charge in [-0.25, -0.2) is 4.98 Å². The zero-order chi connectivity index (χ0) is 41.4. The van der Waals surface area contributed by atoms with E-state index in [9.17, 15) is 0 Å². The lowest BCUT2D eigenvalue weighted by atomic mass is 10.0. The van der Waals surface area contributed by atoms with Crippen LogP contribution in [0.1, 0.15) is 0 Å². The second-order valence-electron chi connectivity index (χ2n) is 16.3. The first-order valence-corrected chi connectivity index (χ1v) is 21.4. The third-order valence-corrected chi connectivity index (χ3v) is 12.7. The number of hydrogen-bond acceptors (Lipinski definition) is 2. The van der Waals surface area contributed by atoms with Crippen molar-refractivity contribution in [3.63, 3.8) is 0 Å². The van der Waals surface area contributed by atoms with Gasteiger partial charge < -0.3 is 13.7 Å². The lowest BCUT2D eigenvalue weighted by Gasteiger charge is -2.16. The molecule has 294 valence electrons. The maximum Gasteiger partial charge on any atom is 0.0894 e. The molecule has 13 aromatic rings. The number of para-hydroxylation sites is 6. The molecule has 0 aliphatic rings. The molecule has 0 radical (unpaired) electrons. The van der Waals surface area contributed by atoms with Gasteiger partial charge in [-0.3, -0.25) is 4.98 Å². The molecule has 0 aliphatic carbocycles. The third-order valence-electron chi connectivity index (χ3n) is 12.7. The summed E-state index contributed by atoms with van der Waals surface area (Å²) in [5, 5.41) is 7.37. The van der Waals surface area contributed by atoms with Gasteiger partial charge >= 0.3 is 0 Å². The molecule has 0 atom stereocenters. The normalized spacial score (nSPS) is 11.8. The van der Waals surface area contributed by atoms with Crippen LogP contribution >= 0.6 is 0 Å².